The highest BCUT2D eigenvalue weighted by molar-refractivity contribution is 5.87. The molecule has 0 spiro atoms. The van der Waals surface area contributed by atoms with Crippen molar-refractivity contribution in [2.24, 2.45) is 0 Å². The molecule has 1 heterocycles. The van der Waals surface area contributed by atoms with Crippen molar-refractivity contribution in [1.82, 2.24) is 4.98 Å². The Morgan fingerprint density at radius 3 is 2.58 bits per heavy atom. The molecular weight excluding hydrogens is 334 g/mol. The third-order valence-corrected chi connectivity index (χ3v) is 3.63. The van der Waals surface area contributed by atoms with Gasteiger partial charge in [0.05, 0.1) is 11.5 Å². The lowest BCUT2D eigenvalue weighted by Crippen LogP contribution is -2.13. The molecular formula is C19H21N3O4. The summed E-state index contributed by atoms with van der Waals surface area (Å²) in [5.74, 6) is 0.513. The number of benzene rings is 1. The van der Waals surface area contributed by atoms with Gasteiger partial charge in [-0.1, -0.05) is 38.1 Å². The number of nitrogens with zero attached hydrogens (tertiary/aromatic N) is 2. The summed E-state index contributed by atoms with van der Waals surface area (Å²) < 4.78 is 5.09. The van der Waals surface area contributed by atoms with Crippen molar-refractivity contribution in [3.63, 3.8) is 0 Å². The molecule has 0 radical (unpaired) electrons. The van der Waals surface area contributed by atoms with E-state index >= 15 is 0 Å². The molecule has 2 rings (SSSR count). The van der Waals surface area contributed by atoms with E-state index in [1.54, 1.807) is 6.08 Å². The van der Waals surface area contributed by atoms with Crippen molar-refractivity contribution >= 4 is 23.6 Å². The number of anilines is 1. The van der Waals surface area contributed by atoms with Crippen molar-refractivity contribution in [2.75, 3.05) is 18.5 Å². The number of carbonyl (C=O) groups excluding carboxylic acids is 1. The fourth-order valence-corrected chi connectivity index (χ4v) is 2.13. The minimum absolute atomic E-state index is 0.0754. The molecule has 7 nitrogen and oxygen atoms in total. The molecule has 1 aromatic heterocycles. The number of nitro groups is 1. The lowest BCUT2D eigenvalue weighted by Gasteiger charge is -2.06. The van der Waals surface area contributed by atoms with E-state index in [1.165, 1.54) is 30.0 Å². The Morgan fingerprint density at radius 2 is 2.00 bits per heavy atom. The summed E-state index contributed by atoms with van der Waals surface area (Å²) in [5, 5.41) is 13.5. The first-order valence-corrected chi connectivity index (χ1v) is 8.25. The number of aromatic nitrogens is 1. The minimum atomic E-state index is -0.513. The number of carbonyl (C=O) groups is 1. The minimum Gasteiger partial charge on any atom is -0.461 e. The van der Waals surface area contributed by atoms with Crippen LogP contribution in [0.4, 0.5) is 11.5 Å². The number of rotatable bonds is 8. The van der Waals surface area contributed by atoms with E-state index in [4.69, 9.17) is 4.74 Å². The lowest BCUT2D eigenvalue weighted by atomic mass is 10.0. The molecule has 136 valence electrons. The molecule has 0 aliphatic carbocycles. The first kappa shape index (κ1) is 19.1. The standard InChI is InChI=1S/C19H21N3O4/c1-14(2)16-6-3-15(4-7-16)5-10-19(23)26-12-11-20-18-9-8-17(13-21-18)22(24)25/h3-10,13-14H,11-12H2,1-2H3,(H,20,21)/b10-5+. The van der Waals surface area contributed by atoms with E-state index < -0.39 is 10.9 Å². The van der Waals surface area contributed by atoms with Crippen molar-refractivity contribution < 1.29 is 14.5 Å². The molecule has 1 aromatic carbocycles. The molecule has 0 amide bonds. The smallest absolute Gasteiger partial charge is 0.330 e. The first-order valence-electron chi connectivity index (χ1n) is 8.25. The Hall–Kier alpha value is -3.22. The average molecular weight is 355 g/mol. The number of esters is 1. The predicted octanol–water partition coefficient (Wildman–Crippen LogP) is 3.78. The second-order valence-corrected chi connectivity index (χ2v) is 5.91. The van der Waals surface area contributed by atoms with E-state index in [-0.39, 0.29) is 12.3 Å². The third kappa shape index (κ3) is 6.01. The van der Waals surface area contributed by atoms with Crippen molar-refractivity contribution in [2.45, 2.75) is 19.8 Å². The third-order valence-electron chi connectivity index (χ3n) is 3.63. The second-order valence-electron chi connectivity index (χ2n) is 5.91. The monoisotopic (exact) mass is 355 g/mol. The number of ether oxygens (including phenoxy) is 1. The highest BCUT2D eigenvalue weighted by Gasteiger charge is 2.05. The average Bonchev–Trinajstić information content (AvgIpc) is 2.64. The summed E-state index contributed by atoms with van der Waals surface area (Å²) in [6, 6.07) is 10.9. The van der Waals surface area contributed by atoms with E-state index in [0.29, 0.717) is 18.3 Å². The summed E-state index contributed by atoms with van der Waals surface area (Å²) in [4.78, 5) is 25.6. The zero-order chi connectivity index (χ0) is 18.9. The molecule has 0 atom stereocenters. The molecule has 0 aliphatic heterocycles. The van der Waals surface area contributed by atoms with Gasteiger partial charge in [-0.3, -0.25) is 10.1 Å². The molecule has 0 saturated heterocycles. The molecule has 0 bridgehead atoms. The summed E-state index contributed by atoms with van der Waals surface area (Å²) >= 11 is 0. The van der Waals surface area contributed by atoms with E-state index in [0.717, 1.165) is 5.56 Å². The van der Waals surface area contributed by atoms with Crippen LogP contribution < -0.4 is 5.32 Å². The van der Waals surface area contributed by atoms with Crippen LogP contribution in [0.2, 0.25) is 0 Å². The van der Waals surface area contributed by atoms with Gasteiger partial charge in [0.2, 0.25) is 0 Å². The largest absolute Gasteiger partial charge is 0.461 e. The molecule has 0 unspecified atom stereocenters. The fourth-order valence-electron chi connectivity index (χ4n) is 2.13. The van der Waals surface area contributed by atoms with Crippen LogP contribution in [0.1, 0.15) is 30.9 Å². The maximum absolute atomic E-state index is 11.7. The number of nitrogens with one attached hydrogen (secondary N) is 1. The summed E-state index contributed by atoms with van der Waals surface area (Å²) in [6.07, 6.45) is 4.26. The molecule has 0 aliphatic rings. The van der Waals surface area contributed by atoms with Crippen LogP contribution in [0.3, 0.4) is 0 Å². The zero-order valence-electron chi connectivity index (χ0n) is 14.7. The topological polar surface area (TPSA) is 94.4 Å². The maximum Gasteiger partial charge on any atom is 0.330 e. The van der Waals surface area contributed by atoms with Crippen LogP contribution in [0.15, 0.2) is 48.7 Å². The maximum atomic E-state index is 11.7. The van der Waals surface area contributed by atoms with Crippen LogP contribution in [-0.4, -0.2) is 29.0 Å². The van der Waals surface area contributed by atoms with Gasteiger partial charge in [-0.25, -0.2) is 9.78 Å². The number of hydrogen-bond acceptors (Lipinski definition) is 6. The SMILES string of the molecule is CC(C)c1ccc(/C=C/C(=O)OCCNc2ccc([N+](=O)[O-])cn2)cc1. The van der Waals surface area contributed by atoms with E-state index in [9.17, 15) is 14.9 Å². The van der Waals surface area contributed by atoms with Gasteiger partial charge in [0.15, 0.2) is 0 Å². The van der Waals surface area contributed by atoms with Crippen LogP contribution in [-0.2, 0) is 9.53 Å². The Morgan fingerprint density at radius 1 is 1.27 bits per heavy atom. The van der Waals surface area contributed by atoms with Gasteiger partial charge in [0.1, 0.15) is 18.6 Å². The van der Waals surface area contributed by atoms with E-state index in [1.807, 2.05) is 24.3 Å². The van der Waals surface area contributed by atoms with Crippen LogP contribution in [0.5, 0.6) is 0 Å². The zero-order valence-corrected chi connectivity index (χ0v) is 14.7. The van der Waals surface area contributed by atoms with Crippen molar-refractivity contribution in [1.29, 1.82) is 0 Å². The molecule has 0 fully saturated rings. The Kier molecular flexibility index (Phi) is 6.84. The van der Waals surface area contributed by atoms with E-state index in [2.05, 4.69) is 24.1 Å². The normalized spacial score (nSPS) is 10.9. The Labute approximate surface area is 151 Å². The highest BCUT2D eigenvalue weighted by Crippen LogP contribution is 2.15. The van der Waals surface area contributed by atoms with Crippen LogP contribution >= 0.6 is 0 Å². The summed E-state index contributed by atoms with van der Waals surface area (Å²) in [6.45, 7) is 4.77. The Bertz CT molecular complexity index is 768. The van der Waals surface area contributed by atoms with Gasteiger partial charge in [-0.05, 0) is 29.2 Å². The van der Waals surface area contributed by atoms with Gasteiger partial charge in [-0.2, -0.15) is 0 Å². The van der Waals surface area contributed by atoms with Gasteiger partial charge < -0.3 is 10.1 Å². The van der Waals surface area contributed by atoms with Crippen molar-refractivity contribution in [3.05, 3.63) is 69.9 Å². The summed E-state index contributed by atoms with van der Waals surface area (Å²) in [5.41, 5.74) is 2.10. The quantitative estimate of drug-likeness (QED) is 0.255. The lowest BCUT2D eigenvalue weighted by molar-refractivity contribution is -0.385. The van der Waals surface area contributed by atoms with Gasteiger partial charge in [0.25, 0.3) is 5.69 Å². The van der Waals surface area contributed by atoms with Crippen LogP contribution in [0.25, 0.3) is 6.08 Å². The van der Waals surface area contributed by atoms with Crippen molar-refractivity contribution in [3.8, 4) is 0 Å². The van der Waals surface area contributed by atoms with Gasteiger partial charge >= 0.3 is 5.97 Å². The predicted molar refractivity (Wildman–Crippen MR) is 99.9 cm³/mol. The molecule has 0 saturated carbocycles. The molecule has 2 aromatic rings. The number of pyridine rings is 1. The Balaban J connectivity index is 1.72. The fraction of sp³-hybridized carbons (Fsp3) is 0.263. The second kappa shape index (κ2) is 9.31. The molecule has 1 N–H and O–H groups in total. The van der Waals surface area contributed by atoms with Gasteiger partial charge in [0, 0.05) is 12.1 Å². The summed E-state index contributed by atoms with van der Waals surface area (Å²) in [7, 11) is 0. The van der Waals surface area contributed by atoms with Gasteiger partial charge in [-0.15, -0.1) is 0 Å². The first-order chi connectivity index (χ1) is 12.5. The molecule has 26 heavy (non-hydrogen) atoms. The van der Waals surface area contributed by atoms with Crippen LogP contribution in [0, 0.1) is 10.1 Å². The molecule has 7 heteroatoms. The highest BCUT2D eigenvalue weighted by atomic mass is 16.6. The number of hydrogen-bond donors (Lipinski definition) is 1.